The van der Waals surface area contributed by atoms with Crippen molar-refractivity contribution in [3.63, 3.8) is 0 Å². The van der Waals surface area contributed by atoms with Crippen LogP contribution < -0.4 is 4.90 Å². The highest BCUT2D eigenvalue weighted by Crippen LogP contribution is 2.39. The van der Waals surface area contributed by atoms with Crippen LogP contribution in [0, 0.1) is 0 Å². The standard InChI is InChI=1S/C26H29F3N4O5S3/c1-25(34,26(27,28)29)19-9-11-20(12-10-19)33-15-14-32(41(37,38)24-8-4-3-7-23(24)39)18-21(33)17-31(2)40(35,36)22-6-5-13-30-16-22/h3-6,8-13,16,21,34H,7,14-15,17-18H2,1-2H3/t21-,25+/m0/s1. The van der Waals surface area contributed by atoms with Gasteiger partial charge in [0.05, 0.1) is 10.9 Å². The summed E-state index contributed by atoms with van der Waals surface area (Å²) in [6.07, 6.45) is 2.85. The van der Waals surface area contributed by atoms with E-state index in [0.29, 0.717) is 19.0 Å². The largest absolute Gasteiger partial charge is 0.421 e. The van der Waals surface area contributed by atoms with Crippen LogP contribution in [0.5, 0.6) is 0 Å². The van der Waals surface area contributed by atoms with Crippen molar-refractivity contribution in [3.05, 3.63) is 77.5 Å². The molecule has 0 radical (unpaired) electrons. The van der Waals surface area contributed by atoms with Gasteiger partial charge in [0.25, 0.3) is 0 Å². The minimum Gasteiger partial charge on any atom is -0.376 e. The molecule has 1 aromatic heterocycles. The van der Waals surface area contributed by atoms with E-state index < -0.39 is 37.9 Å². The predicted molar refractivity (Wildman–Crippen MR) is 152 cm³/mol. The molecule has 0 spiro atoms. The highest BCUT2D eigenvalue weighted by atomic mass is 32.2. The van der Waals surface area contributed by atoms with E-state index in [0.717, 1.165) is 16.4 Å². The molecular formula is C26H29F3N4O5S3. The van der Waals surface area contributed by atoms with E-state index in [2.05, 4.69) is 4.98 Å². The Bertz CT molecular complexity index is 1560. The van der Waals surface area contributed by atoms with Crippen LogP contribution in [-0.2, 0) is 25.6 Å². The number of allylic oxidation sites excluding steroid dienone is 4. The zero-order valence-electron chi connectivity index (χ0n) is 22.2. The van der Waals surface area contributed by atoms with Crippen LogP contribution >= 0.6 is 12.2 Å². The minimum absolute atomic E-state index is 0.0114. The molecule has 4 rings (SSSR count). The number of aromatic nitrogens is 1. The summed E-state index contributed by atoms with van der Waals surface area (Å²) in [6, 6.07) is 7.24. The SMILES string of the molecule is CN(C[C@H]1CN(S(=O)(=O)C2=CC=CCC2=S)CCN1c1ccc([C@@](C)(O)C(F)(F)F)cc1)S(=O)(=O)c1cccnc1. The van der Waals surface area contributed by atoms with Crippen molar-refractivity contribution < 1.29 is 35.1 Å². The first-order valence-corrected chi connectivity index (χ1v) is 15.8. The summed E-state index contributed by atoms with van der Waals surface area (Å²) >= 11 is 5.29. The molecule has 2 atom stereocenters. The molecule has 1 N–H and O–H groups in total. The molecular weight excluding hydrogens is 602 g/mol. The fraction of sp³-hybridized carbons (Fsp3) is 0.385. The number of rotatable bonds is 8. The number of halogens is 3. The van der Waals surface area contributed by atoms with Crippen molar-refractivity contribution >= 4 is 42.8 Å². The Morgan fingerprint density at radius 3 is 2.39 bits per heavy atom. The van der Waals surface area contributed by atoms with Gasteiger partial charge in [-0.2, -0.15) is 21.8 Å². The molecule has 2 heterocycles. The Morgan fingerprint density at radius 1 is 1.12 bits per heavy atom. The fourth-order valence-corrected chi connectivity index (χ4v) is 7.89. The average Bonchev–Trinajstić information content (AvgIpc) is 2.93. The van der Waals surface area contributed by atoms with Crippen LogP contribution in [0.2, 0.25) is 0 Å². The number of piperazine rings is 1. The second-order valence-corrected chi connectivity index (χ2v) is 14.3. The normalized spacial score (nSPS) is 20.7. The lowest BCUT2D eigenvalue weighted by molar-refractivity contribution is -0.258. The molecule has 222 valence electrons. The maximum Gasteiger partial charge on any atom is 0.421 e. The van der Waals surface area contributed by atoms with Crippen molar-refractivity contribution in [2.75, 3.05) is 38.1 Å². The lowest BCUT2D eigenvalue weighted by atomic mass is 9.95. The number of aliphatic hydroxyl groups is 1. The van der Waals surface area contributed by atoms with Crippen LogP contribution in [0.15, 0.2) is 76.8 Å². The van der Waals surface area contributed by atoms with E-state index in [4.69, 9.17) is 12.2 Å². The monoisotopic (exact) mass is 630 g/mol. The van der Waals surface area contributed by atoms with Crippen LogP contribution in [0.3, 0.4) is 0 Å². The van der Waals surface area contributed by atoms with Gasteiger partial charge in [0.1, 0.15) is 4.90 Å². The number of alkyl halides is 3. The van der Waals surface area contributed by atoms with Gasteiger partial charge in [-0.25, -0.2) is 16.8 Å². The van der Waals surface area contributed by atoms with Crippen molar-refractivity contribution in [2.24, 2.45) is 0 Å². The first-order valence-electron chi connectivity index (χ1n) is 12.5. The maximum atomic E-state index is 13.5. The number of nitrogens with zero attached hydrogens (tertiary/aromatic N) is 4. The zero-order chi connectivity index (χ0) is 30.2. The van der Waals surface area contributed by atoms with E-state index in [1.165, 1.54) is 54.1 Å². The van der Waals surface area contributed by atoms with Crippen molar-refractivity contribution in [1.29, 1.82) is 0 Å². The molecule has 0 saturated carbocycles. The van der Waals surface area contributed by atoms with E-state index in [1.807, 2.05) is 0 Å². The topological polar surface area (TPSA) is 111 Å². The van der Waals surface area contributed by atoms with Gasteiger partial charge in [0, 0.05) is 62.6 Å². The second kappa shape index (κ2) is 11.5. The van der Waals surface area contributed by atoms with Gasteiger partial charge in [0.15, 0.2) is 5.60 Å². The van der Waals surface area contributed by atoms with E-state index in [-0.39, 0.29) is 46.4 Å². The van der Waals surface area contributed by atoms with E-state index in [1.54, 1.807) is 17.1 Å². The average molecular weight is 631 g/mol. The molecule has 41 heavy (non-hydrogen) atoms. The lowest BCUT2D eigenvalue weighted by Crippen LogP contribution is -2.58. The van der Waals surface area contributed by atoms with Crippen molar-refractivity contribution in [1.82, 2.24) is 13.6 Å². The number of hydrogen-bond acceptors (Lipinski definition) is 8. The molecule has 0 bridgehead atoms. The third-order valence-corrected chi connectivity index (χ3v) is 11.4. The van der Waals surface area contributed by atoms with Gasteiger partial charge < -0.3 is 10.0 Å². The second-order valence-electron chi connectivity index (χ2n) is 9.89. The van der Waals surface area contributed by atoms with Gasteiger partial charge >= 0.3 is 6.18 Å². The first kappa shape index (κ1) is 31.3. The number of sulfonamides is 2. The Balaban J connectivity index is 1.67. The van der Waals surface area contributed by atoms with Crippen molar-refractivity contribution in [2.45, 2.75) is 36.1 Å². The van der Waals surface area contributed by atoms with Gasteiger partial charge in [-0.15, -0.1) is 0 Å². The molecule has 2 aromatic rings. The fourth-order valence-electron chi connectivity index (χ4n) is 4.65. The Morgan fingerprint density at radius 2 is 1.80 bits per heavy atom. The summed E-state index contributed by atoms with van der Waals surface area (Å²) in [4.78, 5) is 5.85. The molecule has 1 fully saturated rings. The maximum absolute atomic E-state index is 13.5. The number of likely N-dealkylation sites (N-methyl/N-ethyl adjacent to an activating group) is 1. The number of thiocarbonyl (C=S) groups is 1. The molecule has 1 aliphatic carbocycles. The molecule has 2 aliphatic rings. The summed E-state index contributed by atoms with van der Waals surface area (Å²) in [7, 11) is -6.63. The number of anilines is 1. The summed E-state index contributed by atoms with van der Waals surface area (Å²) in [6.45, 7) is 0.557. The zero-order valence-corrected chi connectivity index (χ0v) is 24.6. The number of pyridine rings is 1. The van der Waals surface area contributed by atoms with Gasteiger partial charge in [-0.05, 0) is 42.8 Å². The van der Waals surface area contributed by atoms with Crippen LogP contribution in [0.1, 0.15) is 18.9 Å². The molecule has 1 aromatic carbocycles. The predicted octanol–water partition coefficient (Wildman–Crippen LogP) is 3.21. The third kappa shape index (κ3) is 6.24. The molecule has 9 nitrogen and oxygen atoms in total. The highest BCUT2D eigenvalue weighted by molar-refractivity contribution is 7.96. The minimum atomic E-state index is -4.90. The third-order valence-electron chi connectivity index (χ3n) is 7.15. The summed E-state index contributed by atoms with van der Waals surface area (Å²) < 4.78 is 96.0. The van der Waals surface area contributed by atoms with Crippen LogP contribution in [0.25, 0.3) is 0 Å². The first-order chi connectivity index (χ1) is 19.1. The van der Waals surface area contributed by atoms with Gasteiger partial charge in [-0.3, -0.25) is 4.98 Å². The van der Waals surface area contributed by atoms with Gasteiger partial charge in [0.2, 0.25) is 20.0 Å². The Kier molecular flexibility index (Phi) is 8.79. The summed E-state index contributed by atoms with van der Waals surface area (Å²) in [5, 5.41) is 10.1. The quantitative estimate of drug-likeness (QED) is 0.443. The van der Waals surface area contributed by atoms with Crippen molar-refractivity contribution in [3.8, 4) is 0 Å². The molecule has 0 amide bonds. The van der Waals surface area contributed by atoms with Crippen LogP contribution in [-0.4, -0.2) is 85.8 Å². The van der Waals surface area contributed by atoms with E-state index in [9.17, 15) is 35.1 Å². The molecule has 0 unspecified atom stereocenters. The molecule has 1 saturated heterocycles. The molecule has 1 aliphatic heterocycles. The highest BCUT2D eigenvalue weighted by Gasteiger charge is 2.51. The Labute approximate surface area is 242 Å². The summed E-state index contributed by atoms with van der Waals surface area (Å²) in [5.41, 5.74) is -3.00. The Hall–Kier alpha value is -2.69. The number of benzene rings is 1. The van der Waals surface area contributed by atoms with Crippen LogP contribution in [0.4, 0.5) is 18.9 Å². The smallest absolute Gasteiger partial charge is 0.376 e. The number of hydrogen-bond donors (Lipinski definition) is 1. The summed E-state index contributed by atoms with van der Waals surface area (Å²) in [5.74, 6) is 0. The van der Waals surface area contributed by atoms with Gasteiger partial charge in [-0.1, -0.05) is 36.5 Å². The lowest BCUT2D eigenvalue weighted by Gasteiger charge is -2.43. The molecule has 15 heteroatoms. The van der Waals surface area contributed by atoms with E-state index >= 15 is 0 Å².